The third-order valence-corrected chi connectivity index (χ3v) is 6.88. The highest BCUT2D eigenvalue weighted by molar-refractivity contribution is 5.83. The summed E-state index contributed by atoms with van der Waals surface area (Å²) in [4.78, 5) is 15.5. The Labute approximate surface area is 208 Å². The average Bonchev–Trinajstić information content (AvgIpc) is 2.81. The summed E-state index contributed by atoms with van der Waals surface area (Å²) in [5.74, 6) is -2.54. The van der Waals surface area contributed by atoms with Crippen LogP contribution < -0.4 is 10.2 Å². The lowest BCUT2D eigenvalue weighted by atomic mass is 9.87. The maximum absolute atomic E-state index is 14.1. The van der Waals surface area contributed by atoms with Gasteiger partial charge in [-0.1, -0.05) is 46.2 Å². The topological polar surface area (TPSA) is 62.9 Å². The number of nitrogens with zero attached hydrogens (tertiary/aromatic N) is 1. The largest absolute Gasteiger partial charge is 0.507 e. The molecule has 1 aromatic heterocycles. The van der Waals surface area contributed by atoms with Gasteiger partial charge in [0.05, 0.1) is 10.9 Å². The van der Waals surface area contributed by atoms with Crippen LogP contribution in [0.3, 0.4) is 0 Å². The van der Waals surface area contributed by atoms with E-state index in [0.29, 0.717) is 0 Å². The monoisotopic (exact) mass is 503 g/mol. The molecule has 2 aromatic carbocycles. The maximum atomic E-state index is 14.1. The Morgan fingerprint density at radius 2 is 1.78 bits per heavy atom. The summed E-state index contributed by atoms with van der Waals surface area (Å²) >= 11 is 0. The molecule has 1 N–H and O–H groups in total. The van der Waals surface area contributed by atoms with Gasteiger partial charge in [-0.15, -0.1) is 0 Å². The summed E-state index contributed by atoms with van der Waals surface area (Å²) in [5.41, 5.74) is -0.198. The molecule has 0 bridgehead atoms. The van der Waals surface area contributed by atoms with Gasteiger partial charge in [0.25, 0.3) is 5.76 Å². The summed E-state index contributed by atoms with van der Waals surface area (Å²) in [5, 5.41) is 10.5. The number of halogens is 3. The van der Waals surface area contributed by atoms with E-state index in [2.05, 4.69) is 11.8 Å². The van der Waals surface area contributed by atoms with Crippen LogP contribution >= 0.6 is 0 Å². The highest BCUT2D eigenvalue weighted by atomic mass is 19.4. The zero-order chi connectivity index (χ0) is 26.3. The number of benzene rings is 2. The van der Waals surface area contributed by atoms with Gasteiger partial charge >= 0.3 is 6.18 Å². The molecule has 0 amide bonds. The SMILES string of the molecule is CC[C@@H]1CCCCN1Cc1c(O)ccc2c(=O)c(Oc3ccc(C(C)(C)C)cc3)c(C(F)(F)F)oc12. The molecule has 4 rings (SSSR count). The molecule has 2 heterocycles. The first-order valence-electron chi connectivity index (χ1n) is 12.3. The molecule has 0 saturated carbocycles. The van der Waals surface area contributed by atoms with Crippen molar-refractivity contribution in [2.75, 3.05) is 6.54 Å². The van der Waals surface area contributed by atoms with Crippen molar-refractivity contribution >= 4 is 11.0 Å². The molecular weight excluding hydrogens is 471 g/mol. The molecule has 1 saturated heterocycles. The van der Waals surface area contributed by atoms with Crippen molar-refractivity contribution in [1.82, 2.24) is 4.90 Å². The van der Waals surface area contributed by atoms with E-state index in [1.165, 1.54) is 24.3 Å². The molecule has 0 aliphatic carbocycles. The predicted octanol–water partition coefficient (Wildman–Crippen LogP) is 7.37. The molecule has 8 heteroatoms. The third-order valence-electron chi connectivity index (χ3n) is 6.88. The van der Waals surface area contributed by atoms with Crippen LogP contribution in [0.4, 0.5) is 13.2 Å². The second-order valence-electron chi connectivity index (χ2n) is 10.4. The smallest absolute Gasteiger partial charge is 0.453 e. The number of likely N-dealkylation sites (tertiary alicyclic amines) is 1. The molecule has 0 unspecified atom stereocenters. The Bertz CT molecular complexity index is 1290. The standard InChI is InChI=1S/C28H32F3NO4/c1-5-18-8-6-7-15-32(18)16-21-22(33)14-13-20-23(34)25(26(28(29,30)31)36-24(20)21)35-19-11-9-17(10-12-19)27(2,3)4/h9-14,18,33H,5-8,15-16H2,1-4H3/t18-/m1/s1. The van der Waals surface area contributed by atoms with Crippen LogP contribution in [0.5, 0.6) is 17.2 Å². The number of alkyl halides is 3. The summed E-state index contributed by atoms with van der Waals surface area (Å²) in [7, 11) is 0. The number of aromatic hydroxyl groups is 1. The van der Waals surface area contributed by atoms with Gasteiger partial charge in [0, 0.05) is 12.6 Å². The molecule has 5 nitrogen and oxygen atoms in total. The van der Waals surface area contributed by atoms with Crippen LogP contribution in [0.2, 0.25) is 0 Å². The molecule has 3 aromatic rings. The quantitative estimate of drug-likeness (QED) is 0.394. The van der Waals surface area contributed by atoms with E-state index in [1.54, 1.807) is 12.1 Å². The molecule has 194 valence electrons. The van der Waals surface area contributed by atoms with Gasteiger partial charge in [-0.3, -0.25) is 9.69 Å². The van der Waals surface area contributed by atoms with Crippen LogP contribution in [0.15, 0.2) is 45.6 Å². The Morgan fingerprint density at radius 3 is 2.39 bits per heavy atom. The third kappa shape index (κ3) is 5.24. The fourth-order valence-corrected chi connectivity index (χ4v) is 4.79. The number of hydrogen-bond acceptors (Lipinski definition) is 5. The highest BCUT2D eigenvalue weighted by Gasteiger charge is 2.41. The van der Waals surface area contributed by atoms with Crippen molar-refractivity contribution < 1.29 is 27.4 Å². The van der Waals surface area contributed by atoms with Crippen LogP contribution in [0, 0.1) is 0 Å². The first kappa shape index (κ1) is 26.1. The molecule has 1 aliphatic rings. The number of piperidine rings is 1. The fraction of sp³-hybridized carbons (Fsp3) is 0.464. The Kier molecular flexibility index (Phi) is 7.10. The normalized spacial score (nSPS) is 17.5. The molecule has 0 radical (unpaired) electrons. The number of ether oxygens (including phenoxy) is 1. The van der Waals surface area contributed by atoms with E-state index < -0.39 is 23.1 Å². The number of fused-ring (bicyclic) bond motifs is 1. The van der Waals surface area contributed by atoms with Gasteiger partial charge in [0.1, 0.15) is 17.1 Å². The number of phenolic OH excluding ortho intramolecular Hbond substituents is 1. The van der Waals surface area contributed by atoms with Gasteiger partial charge < -0.3 is 14.3 Å². The van der Waals surface area contributed by atoms with Gasteiger partial charge in [0.15, 0.2) is 0 Å². The molecule has 1 aliphatic heterocycles. The second-order valence-corrected chi connectivity index (χ2v) is 10.4. The van der Waals surface area contributed by atoms with Crippen LogP contribution in [0.1, 0.15) is 70.3 Å². The average molecular weight is 504 g/mol. The van der Waals surface area contributed by atoms with Crippen LogP contribution in [0.25, 0.3) is 11.0 Å². The lowest BCUT2D eigenvalue weighted by molar-refractivity contribution is -0.154. The minimum Gasteiger partial charge on any atom is -0.507 e. The Morgan fingerprint density at radius 1 is 1.08 bits per heavy atom. The van der Waals surface area contributed by atoms with Gasteiger partial charge in [0.2, 0.25) is 11.2 Å². The minimum absolute atomic E-state index is 0.0674. The van der Waals surface area contributed by atoms with Crippen molar-refractivity contribution in [3.05, 3.63) is 63.5 Å². The van der Waals surface area contributed by atoms with Gasteiger partial charge in [-0.2, -0.15) is 13.2 Å². The van der Waals surface area contributed by atoms with Crippen molar-refractivity contribution in [3.8, 4) is 17.2 Å². The van der Waals surface area contributed by atoms with E-state index in [1.807, 2.05) is 20.8 Å². The Balaban J connectivity index is 1.82. The summed E-state index contributed by atoms with van der Waals surface area (Å²) in [6.07, 6.45) is -1.07. The lowest BCUT2D eigenvalue weighted by Gasteiger charge is -2.35. The molecular formula is C28H32F3NO4. The zero-order valence-electron chi connectivity index (χ0n) is 21.0. The minimum atomic E-state index is -4.98. The van der Waals surface area contributed by atoms with Gasteiger partial charge in [-0.05, 0) is 61.1 Å². The van der Waals surface area contributed by atoms with E-state index in [9.17, 15) is 23.1 Å². The van der Waals surface area contributed by atoms with Crippen LogP contribution in [-0.4, -0.2) is 22.6 Å². The number of hydrogen-bond donors (Lipinski definition) is 1. The fourth-order valence-electron chi connectivity index (χ4n) is 4.79. The van der Waals surface area contributed by atoms with E-state index in [4.69, 9.17) is 9.15 Å². The number of phenols is 1. The first-order chi connectivity index (χ1) is 16.9. The van der Waals surface area contributed by atoms with Crippen molar-refractivity contribution in [2.24, 2.45) is 0 Å². The lowest BCUT2D eigenvalue weighted by Crippen LogP contribution is -2.38. The predicted molar refractivity (Wildman–Crippen MR) is 133 cm³/mol. The van der Waals surface area contributed by atoms with Crippen molar-refractivity contribution in [2.45, 2.75) is 77.6 Å². The Hall–Kier alpha value is -3.00. The summed E-state index contributed by atoms with van der Waals surface area (Å²) in [6.45, 7) is 9.06. The summed E-state index contributed by atoms with van der Waals surface area (Å²) in [6, 6.07) is 9.44. The molecule has 1 fully saturated rings. The van der Waals surface area contributed by atoms with Gasteiger partial charge in [-0.25, -0.2) is 0 Å². The van der Waals surface area contributed by atoms with Crippen molar-refractivity contribution in [3.63, 3.8) is 0 Å². The van der Waals surface area contributed by atoms with E-state index in [0.717, 1.165) is 37.8 Å². The van der Waals surface area contributed by atoms with E-state index in [-0.39, 0.29) is 46.0 Å². The van der Waals surface area contributed by atoms with E-state index >= 15 is 0 Å². The van der Waals surface area contributed by atoms with Crippen molar-refractivity contribution in [1.29, 1.82) is 0 Å². The summed E-state index contributed by atoms with van der Waals surface area (Å²) < 4.78 is 53.2. The van der Waals surface area contributed by atoms with Crippen LogP contribution in [-0.2, 0) is 18.1 Å². The molecule has 0 spiro atoms. The molecule has 36 heavy (non-hydrogen) atoms. The maximum Gasteiger partial charge on any atom is 0.453 e. The zero-order valence-corrected chi connectivity index (χ0v) is 21.0. The number of rotatable bonds is 5. The second kappa shape index (κ2) is 9.81. The molecule has 1 atom stereocenters. The first-order valence-corrected chi connectivity index (χ1v) is 12.3. The highest BCUT2D eigenvalue weighted by Crippen LogP contribution is 2.40.